The lowest BCUT2D eigenvalue weighted by atomic mass is 10.3. The first-order valence-electron chi connectivity index (χ1n) is 3.09. The minimum atomic E-state index is 0.600. The summed E-state index contributed by atoms with van der Waals surface area (Å²) in [5.41, 5.74) is 0.791. The maximum atomic E-state index is 4.93. The maximum absolute atomic E-state index is 4.93. The number of ether oxygens (including phenoxy) is 1. The minimum absolute atomic E-state index is 0.600. The topological polar surface area (TPSA) is 22.1 Å². The van der Waals surface area contributed by atoms with Crippen molar-refractivity contribution in [3.63, 3.8) is 0 Å². The largest absolute Gasteiger partial charge is 0.495 e. The van der Waals surface area contributed by atoms with Crippen LogP contribution in [0.4, 0.5) is 0 Å². The Morgan fingerprint density at radius 2 is 2.45 bits per heavy atom. The van der Waals surface area contributed by atoms with Gasteiger partial charge in [-0.1, -0.05) is 6.58 Å². The molecule has 1 aromatic heterocycles. The molecular formula is C8H8INO. The van der Waals surface area contributed by atoms with E-state index in [-0.39, 0.29) is 0 Å². The molecule has 0 unspecified atom stereocenters. The standard InChI is InChI=1S/C8H8INO/c1-6(11-2)8-5-7(9)3-4-10-8/h3-5H,1H2,2H3. The van der Waals surface area contributed by atoms with Gasteiger partial charge in [-0.3, -0.25) is 4.98 Å². The molecule has 0 saturated carbocycles. The molecule has 0 aliphatic carbocycles. The first kappa shape index (κ1) is 8.52. The predicted molar refractivity (Wildman–Crippen MR) is 53.0 cm³/mol. The van der Waals surface area contributed by atoms with Gasteiger partial charge in [0.2, 0.25) is 0 Å². The smallest absolute Gasteiger partial charge is 0.137 e. The Morgan fingerprint density at radius 1 is 1.73 bits per heavy atom. The summed E-state index contributed by atoms with van der Waals surface area (Å²) in [6, 6.07) is 3.85. The van der Waals surface area contributed by atoms with Crippen molar-refractivity contribution in [3.8, 4) is 0 Å². The zero-order valence-electron chi connectivity index (χ0n) is 6.17. The van der Waals surface area contributed by atoms with Gasteiger partial charge in [0, 0.05) is 9.77 Å². The number of rotatable bonds is 2. The van der Waals surface area contributed by atoms with E-state index < -0.39 is 0 Å². The van der Waals surface area contributed by atoms with Crippen LogP contribution in [0.5, 0.6) is 0 Å². The number of hydrogen-bond donors (Lipinski definition) is 0. The fraction of sp³-hybridized carbons (Fsp3) is 0.125. The molecule has 11 heavy (non-hydrogen) atoms. The molecule has 1 aromatic rings. The Kier molecular flexibility index (Phi) is 2.87. The maximum Gasteiger partial charge on any atom is 0.137 e. The van der Waals surface area contributed by atoms with Gasteiger partial charge < -0.3 is 4.74 Å². The fourth-order valence-corrected chi connectivity index (χ4v) is 1.12. The van der Waals surface area contributed by atoms with E-state index >= 15 is 0 Å². The van der Waals surface area contributed by atoms with Gasteiger partial charge in [0.05, 0.1) is 7.11 Å². The highest BCUT2D eigenvalue weighted by atomic mass is 127. The van der Waals surface area contributed by atoms with Gasteiger partial charge in [-0.15, -0.1) is 0 Å². The lowest BCUT2D eigenvalue weighted by molar-refractivity contribution is 0.369. The van der Waals surface area contributed by atoms with Gasteiger partial charge in [-0.2, -0.15) is 0 Å². The molecular weight excluding hydrogens is 253 g/mol. The van der Waals surface area contributed by atoms with Crippen molar-refractivity contribution in [2.24, 2.45) is 0 Å². The van der Waals surface area contributed by atoms with E-state index in [2.05, 4.69) is 34.2 Å². The molecule has 0 atom stereocenters. The third kappa shape index (κ3) is 2.18. The number of halogens is 1. The predicted octanol–water partition coefficient (Wildman–Crippen LogP) is 2.30. The third-order valence-electron chi connectivity index (χ3n) is 1.25. The molecule has 0 N–H and O–H groups in total. The van der Waals surface area contributed by atoms with Crippen LogP contribution < -0.4 is 0 Å². The van der Waals surface area contributed by atoms with Crippen LogP contribution in [0.1, 0.15) is 5.69 Å². The van der Waals surface area contributed by atoms with E-state index in [0.717, 1.165) is 9.26 Å². The first-order chi connectivity index (χ1) is 5.24. The monoisotopic (exact) mass is 261 g/mol. The van der Waals surface area contributed by atoms with Crippen LogP contribution >= 0.6 is 22.6 Å². The molecule has 0 aliphatic heterocycles. The van der Waals surface area contributed by atoms with Gasteiger partial charge in [-0.25, -0.2) is 0 Å². The van der Waals surface area contributed by atoms with Crippen molar-refractivity contribution in [1.29, 1.82) is 0 Å². The van der Waals surface area contributed by atoms with Crippen LogP contribution in [0, 0.1) is 3.57 Å². The summed E-state index contributed by atoms with van der Waals surface area (Å²) < 4.78 is 6.06. The van der Waals surface area contributed by atoms with E-state index in [4.69, 9.17) is 4.74 Å². The van der Waals surface area contributed by atoms with Crippen molar-refractivity contribution in [1.82, 2.24) is 4.98 Å². The lowest BCUT2D eigenvalue weighted by Crippen LogP contribution is -1.89. The Bertz CT molecular complexity index is 273. The molecule has 0 bridgehead atoms. The van der Waals surface area contributed by atoms with Crippen molar-refractivity contribution < 1.29 is 4.74 Å². The lowest BCUT2D eigenvalue weighted by Gasteiger charge is -2.02. The van der Waals surface area contributed by atoms with Crippen LogP contribution in [0.25, 0.3) is 5.76 Å². The summed E-state index contributed by atoms with van der Waals surface area (Å²) in [5, 5.41) is 0. The van der Waals surface area contributed by atoms with Gasteiger partial charge in [0.15, 0.2) is 0 Å². The second kappa shape index (κ2) is 3.71. The number of hydrogen-bond acceptors (Lipinski definition) is 2. The second-order valence-corrected chi connectivity index (χ2v) is 3.23. The van der Waals surface area contributed by atoms with E-state index in [1.54, 1.807) is 13.3 Å². The van der Waals surface area contributed by atoms with Crippen molar-refractivity contribution in [3.05, 3.63) is 34.2 Å². The average molecular weight is 261 g/mol. The zero-order chi connectivity index (χ0) is 8.27. The van der Waals surface area contributed by atoms with E-state index in [1.165, 1.54) is 0 Å². The molecule has 0 aliphatic rings. The summed E-state index contributed by atoms with van der Waals surface area (Å²) in [5.74, 6) is 0.600. The number of methoxy groups -OCH3 is 1. The van der Waals surface area contributed by atoms with Crippen LogP contribution in [0.3, 0.4) is 0 Å². The highest BCUT2D eigenvalue weighted by Gasteiger charge is 1.98. The zero-order valence-corrected chi connectivity index (χ0v) is 8.33. The van der Waals surface area contributed by atoms with E-state index in [9.17, 15) is 0 Å². The van der Waals surface area contributed by atoms with E-state index in [1.807, 2.05) is 12.1 Å². The van der Waals surface area contributed by atoms with Crippen molar-refractivity contribution >= 4 is 28.4 Å². The van der Waals surface area contributed by atoms with Crippen LogP contribution in [-0.4, -0.2) is 12.1 Å². The summed E-state index contributed by atoms with van der Waals surface area (Å²) in [6.45, 7) is 3.70. The van der Waals surface area contributed by atoms with Gasteiger partial charge in [-0.05, 0) is 34.7 Å². The minimum Gasteiger partial charge on any atom is -0.495 e. The molecule has 1 heterocycles. The molecule has 0 spiro atoms. The fourth-order valence-electron chi connectivity index (χ4n) is 0.662. The van der Waals surface area contributed by atoms with Crippen molar-refractivity contribution in [2.75, 3.05) is 7.11 Å². The van der Waals surface area contributed by atoms with Gasteiger partial charge >= 0.3 is 0 Å². The first-order valence-corrected chi connectivity index (χ1v) is 4.16. The molecule has 0 fully saturated rings. The normalized spacial score (nSPS) is 9.27. The van der Waals surface area contributed by atoms with Crippen LogP contribution in [-0.2, 0) is 4.74 Å². The number of pyridine rings is 1. The Morgan fingerprint density at radius 3 is 3.00 bits per heavy atom. The Labute approximate surface area is 79.4 Å². The summed E-state index contributed by atoms with van der Waals surface area (Å²) in [4.78, 5) is 4.08. The molecule has 0 amide bonds. The van der Waals surface area contributed by atoms with Gasteiger partial charge in [0.25, 0.3) is 0 Å². The molecule has 1 rings (SSSR count). The highest BCUT2D eigenvalue weighted by molar-refractivity contribution is 14.1. The molecule has 0 aromatic carbocycles. The second-order valence-electron chi connectivity index (χ2n) is 1.99. The summed E-state index contributed by atoms with van der Waals surface area (Å²) in [7, 11) is 1.59. The van der Waals surface area contributed by atoms with Crippen LogP contribution in [0.15, 0.2) is 24.9 Å². The molecule has 0 saturated heterocycles. The molecule has 58 valence electrons. The third-order valence-corrected chi connectivity index (χ3v) is 1.93. The van der Waals surface area contributed by atoms with E-state index in [0.29, 0.717) is 5.76 Å². The SMILES string of the molecule is C=C(OC)c1cc(I)ccn1. The average Bonchev–Trinajstić information content (AvgIpc) is 2.03. The summed E-state index contributed by atoms with van der Waals surface area (Å²) in [6.07, 6.45) is 1.74. The van der Waals surface area contributed by atoms with Crippen LogP contribution in [0.2, 0.25) is 0 Å². The Balaban J connectivity index is 2.96. The molecule has 2 nitrogen and oxygen atoms in total. The quantitative estimate of drug-likeness (QED) is 0.602. The van der Waals surface area contributed by atoms with Crippen molar-refractivity contribution in [2.45, 2.75) is 0 Å². The molecule has 3 heteroatoms. The Hall–Kier alpha value is -0.580. The number of aromatic nitrogens is 1. The number of nitrogens with zero attached hydrogens (tertiary/aromatic N) is 1. The summed E-state index contributed by atoms with van der Waals surface area (Å²) >= 11 is 2.22. The van der Waals surface area contributed by atoms with Gasteiger partial charge in [0.1, 0.15) is 11.5 Å². The molecule has 0 radical (unpaired) electrons. The highest BCUT2D eigenvalue weighted by Crippen LogP contribution is 2.12.